The quantitative estimate of drug-likeness (QED) is 0.119. The number of hydrogen-bond acceptors (Lipinski definition) is 3. The molecule has 1 rings (SSSR count). The van der Waals surface area contributed by atoms with Gasteiger partial charge in [-0.15, -0.1) is 0 Å². The third kappa shape index (κ3) is 27.2. The van der Waals surface area contributed by atoms with Gasteiger partial charge in [0, 0.05) is 0 Å². The molecule has 0 spiro atoms. The van der Waals surface area contributed by atoms with Crippen molar-refractivity contribution in [3.05, 3.63) is 0 Å². The van der Waals surface area contributed by atoms with E-state index in [4.69, 9.17) is 0 Å². The zero-order valence-corrected chi connectivity index (χ0v) is 20.6. The predicted molar refractivity (Wildman–Crippen MR) is 115 cm³/mol. The van der Waals surface area contributed by atoms with Gasteiger partial charge in [-0.1, -0.05) is 53.4 Å². The minimum atomic E-state index is -10.7. The Kier molecular flexibility index (Phi) is 14.3. The fourth-order valence-corrected chi connectivity index (χ4v) is 3.06. The van der Waals surface area contributed by atoms with E-state index in [1.807, 2.05) is 0 Å². The van der Waals surface area contributed by atoms with Crippen molar-refractivity contribution in [2.45, 2.75) is 92.1 Å². The van der Waals surface area contributed by atoms with Crippen molar-refractivity contribution in [3.8, 4) is 0 Å². The molecule has 0 aliphatic carbocycles. The van der Waals surface area contributed by atoms with Crippen LogP contribution >= 0.6 is 7.81 Å². The monoisotopic (exact) mass is 489 g/mol. The van der Waals surface area contributed by atoms with Gasteiger partial charge in [0.2, 0.25) is 0 Å². The maximum absolute atomic E-state index is 10.7. The van der Waals surface area contributed by atoms with Gasteiger partial charge >= 0.3 is 39.1 Å². The number of unbranched alkanes of at least 4 members (excludes halogenated alkanes) is 4. The number of nitrogens with zero attached hydrogens (tertiary/aromatic N) is 1. The molecule has 1 aliphatic rings. The molecule has 0 bridgehead atoms. The van der Waals surface area contributed by atoms with Crippen LogP contribution in [-0.4, -0.2) is 49.5 Å². The molecule has 0 aromatic heterocycles. The van der Waals surface area contributed by atoms with Gasteiger partial charge < -0.3 is 14.0 Å². The number of carbonyl (C=O) groups excluding carboxylic acids is 1. The van der Waals surface area contributed by atoms with Crippen LogP contribution < -0.4 is 0 Å². The van der Waals surface area contributed by atoms with E-state index in [9.17, 15) is 30.0 Å². The Morgan fingerprint density at radius 3 is 1.19 bits per heavy atom. The molecule has 0 saturated carbocycles. The van der Waals surface area contributed by atoms with Gasteiger partial charge in [0.15, 0.2) is 0 Å². The first kappa shape index (κ1) is 32.4. The second-order valence-electron chi connectivity index (χ2n) is 8.10. The van der Waals surface area contributed by atoms with E-state index in [1.165, 1.54) is 82.0 Å². The molecular formula is C20H42F6NO3P. The van der Waals surface area contributed by atoms with Crippen LogP contribution in [0.3, 0.4) is 0 Å². The summed E-state index contributed by atoms with van der Waals surface area (Å²) in [5.41, 5.74) is 0. The van der Waals surface area contributed by atoms with Crippen molar-refractivity contribution in [1.82, 2.24) is 0 Å². The number of carbonyl (C=O) groups is 1. The first-order valence-electron chi connectivity index (χ1n) is 11.2. The van der Waals surface area contributed by atoms with Gasteiger partial charge in [0.25, 0.3) is 0 Å². The maximum atomic E-state index is 10.0. The van der Waals surface area contributed by atoms with Gasteiger partial charge in [-0.2, -0.15) is 0 Å². The SMILES string of the molecule is CC1COC(=O)O1.CCCC[N+](CCCC)(CCCC)CCCC.F[P-](F)(F)(F)(F)F. The Labute approximate surface area is 183 Å². The molecule has 1 atom stereocenters. The van der Waals surface area contributed by atoms with Crippen molar-refractivity contribution in [3.63, 3.8) is 0 Å². The summed E-state index contributed by atoms with van der Waals surface area (Å²) in [5, 5.41) is 0. The van der Waals surface area contributed by atoms with Crippen LogP contribution in [0.1, 0.15) is 86.0 Å². The molecule has 0 radical (unpaired) electrons. The zero-order chi connectivity index (χ0) is 24.7. The number of cyclic esters (lactones) is 2. The summed E-state index contributed by atoms with van der Waals surface area (Å²) >= 11 is 0. The van der Waals surface area contributed by atoms with Crippen molar-refractivity contribution < 1.29 is 43.9 Å². The minimum absolute atomic E-state index is 0.0486. The van der Waals surface area contributed by atoms with Crippen molar-refractivity contribution >= 4 is 14.0 Å². The van der Waals surface area contributed by atoms with Gasteiger partial charge in [-0.3, -0.25) is 0 Å². The van der Waals surface area contributed by atoms with Gasteiger partial charge in [0.1, 0.15) is 12.7 Å². The number of rotatable bonds is 12. The molecule has 1 unspecified atom stereocenters. The second-order valence-corrected chi connectivity index (χ2v) is 10.0. The molecule has 1 saturated heterocycles. The normalized spacial score (nSPS) is 18.4. The molecule has 1 heterocycles. The van der Waals surface area contributed by atoms with Crippen LogP contribution in [0.4, 0.5) is 30.0 Å². The summed E-state index contributed by atoms with van der Waals surface area (Å²) in [5.74, 6) is 0. The number of hydrogen-bond donors (Lipinski definition) is 0. The Balaban J connectivity index is 0. The summed E-state index contributed by atoms with van der Waals surface area (Å²) < 4.78 is 69.5. The Morgan fingerprint density at radius 1 is 0.774 bits per heavy atom. The Hall–Kier alpha value is -0.760. The van der Waals surface area contributed by atoms with Gasteiger partial charge in [0.05, 0.1) is 26.2 Å². The molecule has 0 aromatic rings. The van der Waals surface area contributed by atoms with Crippen LogP contribution in [0.2, 0.25) is 0 Å². The van der Waals surface area contributed by atoms with Crippen LogP contribution in [0.15, 0.2) is 0 Å². The van der Waals surface area contributed by atoms with Crippen LogP contribution in [0.25, 0.3) is 0 Å². The molecule has 4 nitrogen and oxygen atoms in total. The summed E-state index contributed by atoms with van der Waals surface area (Å²) in [6.07, 6.45) is 10.5. The molecule has 0 amide bonds. The zero-order valence-electron chi connectivity index (χ0n) is 19.7. The van der Waals surface area contributed by atoms with Crippen molar-refractivity contribution in [2.24, 2.45) is 0 Å². The predicted octanol–water partition coefficient (Wildman–Crippen LogP) is 8.93. The summed E-state index contributed by atoms with van der Waals surface area (Å²) in [7, 11) is -10.7. The molecule has 31 heavy (non-hydrogen) atoms. The average Bonchev–Trinajstić information content (AvgIpc) is 3.01. The van der Waals surface area contributed by atoms with Crippen molar-refractivity contribution in [2.75, 3.05) is 32.8 Å². The molecule has 11 heteroatoms. The van der Waals surface area contributed by atoms with E-state index < -0.39 is 14.0 Å². The molecule has 1 fully saturated rings. The standard InChI is InChI=1S/C16H36N.C4H6O3.F6P/c1-5-9-13-17(14-10-6-2,15-11-7-3)16-12-8-4;1-3-2-6-4(5)7-3;1-7(2,3,4,5)6/h5-16H2,1-4H3;3H,2H2,1H3;/q+1;;-1. The van der Waals surface area contributed by atoms with Gasteiger partial charge in [-0.05, 0) is 32.6 Å². The van der Waals surface area contributed by atoms with Crippen molar-refractivity contribution in [1.29, 1.82) is 0 Å². The van der Waals surface area contributed by atoms with Gasteiger partial charge in [-0.25, -0.2) is 4.79 Å². The first-order chi connectivity index (χ1) is 14.0. The molecule has 0 aromatic carbocycles. The third-order valence-electron chi connectivity index (χ3n) is 4.68. The van der Waals surface area contributed by atoms with E-state index in [0.29, 0.717) is 6.61 Å². The van der Waals surface area contributed by atoms with E-state index in [1.54, 1.807) is 6.92 Å². The molecule has 1 aliphatic heterocycles. The van der Waals surface area contributed by atoms with Crippen LogP contribution in [-0.2, 0) is 9.47 Å². The Bertz CT molecular complexity index is 439. The molecule has 192 valence electrons. The summed E-state index contributed by atoms with van der Waals surface area (Å²) in [4.78, 5) is 10.0. The Morgan fingerprint density at radius 2 is 1.06 bits per heavy atom. The third-order valence-corrected chi connectivity index (χ3v) is 4.68. The van der Waals surface area contributed by atoms with E-state index in [-0.39, 0.29) is 6.10 Å². The second kappa shape index (κ2) is 13.7. The summed E-state index contributed by atoms with van der Waals surface area (Å²) in [6, 6.07) is 0. The number of halogens is 6. The van der Waals surface area contributed by atoms with Crippen LogP contribution in [0, 0.1) is 0 Å². The van der Waals surface area contributed by atoms with E-state index in [2.05, 4.69) is 37.2 Å². The van der Waals surface area contributed by atoms with E-state index >= 15 is 0 Å². The summed E-state index contributed by atoms with van der Waals surface area (Å²) in [6.45, 7) is 17.2. The number of quaternary nitrogens is 1. The molecule has 0 N–H and O–H groups in total. The average molecular weight is 490 g/mol. The first-order valence-corrected chi connectivity index (χ1v) is 13.3. The number of ether oxygens (including phenoxy) is 2. The topological polar surface area (TPSA) is 35.5 Å². The molecular weight excluding hydrogens is 447 g/mol. The van der Waals surface area contributed by atoms with Crippen LogP contribution in [0.5, 0.6) is 0 Å². The fraction of sp³-hybridized carbons (Fsp3) is 0.950. The fourth-order valence-electron chi connectivity index (χ4n) is 3.06. The van der Waals surface area contributed by atoms with E-state index in [0.717, 1.165) is 0 Å².